The Morgan fingerprint density at radius 3 is 2.33 bits per heavy atom. The van der Waals surface area contributed by atoms with Gasteiger partial charge < -0.3 is 9.80 Å². The molecule has 1 amide bonds. The Morgan fingerprint density at radius 1 is 1.08 bits per heavy atom. The molecule has 0 atom stereocenters. The molecule has 1 aliphatic heterocycles. The zero-order valence-corrected chi connectivity index (χ0v) is 15.7. The van der Waals surface area contributed by atoms with Gasteiger partial charge in [0.15, 0.2) is 0 Å². The van der Waals surface area contributed by atoms with E-state index in [4.69, 9.17) is 0 Å². The Morgan fingerprint density at radius 2 is 1.75 bits per heavy atom. The Bertz CT molecular complexity index is 538. The van der Waals surface area contributed by atoms with Crippen LogP contribution in [-0.4, -0.2) is 77.9 Å². The monoisotopic (exact) mass is 332 g/mol. The summed E-state index contributed by atoms with van der Waals surface area (Å²) in [6, 6.07) is 3.84. The van der Waals surface area contributed by atoms with Gasteiger partial charge in [-0.1, -0.05) is 13.8 Å². The molecule has 1 aromatic rings. The first-order valence-electron chi connectivity index (χ1n) is 9.23. The minimum atomic E-state index is 0.119. The Hall–Kier alpha value is -1.46. The molecular formula is C19H32N4O. The van der Waals surface area contributed by atoms with Crippen LogP contribution in [0.3, 0.4) is 0 Å². The predicted molar refractivity (Wildman–Crippen MR) is 98.5 cm³/mol. The zero-order valence-electron chi connectivity index (χ0n) is 15.7. The fraction of sp³-hybridized carbons (Fsp3) is 0.684. The van der Waals surface area contributed by atoms with Crippen molar-refractivity contribution in [3.8, 4) is 0 Å². The third kappa shape index (κ3) is 5.02. The van der Waals surface area contributed by atoms with Crippen LogP contribution in [0.25, 0.3) is 0 Å². The fourth-order valence-electron chi connectivity index (χ4n) is 3.26. The van der Waals surface area contributed by atoms with E-state index in [-0.39, 0.29) is 5.91 Å². The van der Waals surface area contributed by atoms with Gasteiger partial charge in [0.1, 0.15) is 0 Å². The van der Waals surface area contributed by atoms with E-state index in [2.05, 4.69) is 28.6 Å². The minimum Gasteiger partial charge on any atom is -0.337 e. The lowest BCUT2D eigenvalue weighted by atomic mass is 10.1. The maximum absolute atomic E-state index is 12.9. The standard InChI is InChI=1S/C19H32N4O/c1-5-9-23(15-14-22-12-10-21(6-2)11-13-22)19(24)18-8-7-16(3)20-17(18)4/h7-8H,5-6,9-15H2,1-4H3. The molecule has 2 heterocycles. The number of rotatable bonds is 7. The van der Waals surface area contributed by atoms with Gasteiger partial charge in [0.2, 0.25) is 0 Å². The number of hydrogen-bond acceptors (Lipinski definition) is 4. The SMILES string of the molecule is CCCN(CCN1CCN(CC)CC1)C(=O)c1ccc(C)nc1C. The summed E-state index contributed by atoms with van der Waals surface area (Å²) in [6.45, 7) is 16.4. The van der Waals surface area contributed by atoms with E-state index < -0.39 is 0 Å². The minimum absolute atomic E-state index is 0.119. The highest BCUT2D eigenvalue weighted by atomic mass is 16.2. The van der Waals surface area contributed by atoms with Crippen LogP contribution in [0.4, 0.5) is 0 Å². The highest BCUT2D eigenvalue weighted by Gasteiger charge is 2.20. The number of carbonyl (C=O) groups excluding carboxylic acids is 1. The molecule has 5 nitrogen and oxygen atoms in total. The average molecular weight is 332 g/mol. The molecule has 134 valence electrons. The van der Waals surface area contributed by atoms with Gasteiger partial charge in [-0.15, -0.1) is 0 Å². The topological polar surface area (TPSA) is 39.7 Å². The van der Waals surface area contributed by atoms with Crippen LogP contribution in [0, 0.1) is 13.8 Å². The van der Waals surface area contributed by atoms with Gasteiger partial charge in [0.05, 0.1) is 11.3 Å². The number of likely N-dealkylation sites (N-methyl/N-ethyl adjacent to an activating group) is 1. The molecule has 2 rings (SSSR count). The Kier molecular flexibility index (Phi) is 7.18. The quantitative estimate of drug-likeness (QED) is 0.767. The van der Waals surface area contributed by atoms with E-state index >= 15 is 0 Å². The average Bonchev–Trinajstić information content (AvgIpc) is 2.58. The van der Waals surface area contributed by atoms with Crippen LogP contribution in [0.15, 0.2) is 12.1 Å². The molecule has 0 radical (unpaired) electrons. The molecule has 1 saturated heterocycles. The molecule has 1 aromatic heterocycles. The Balaban J connectivity index is 1.95. The number of piperazine rings is 1. The van der Waals surface area contributed by atoms with E-state index in [1.54, 1.807) is 0 Å². The van der Waals surface area contributed by atoms with Crippen molar-refractivity contribution in [2.24, 2.45) is 0 Å². The first-order valence-corrected chi connectivity index (χ1v) is 9.23. The second kappa shape index (κ2) is 9.14. The lowest BCUT2D eigenvalue weighted by molar-refractivity contribution is 0.0707. The van der Waals surface area contributed by atoms with Crippen molar-refractivity contribution >= 4 is 5.91 Å². The number of pyridine rings is 1. The molecule has 0 aliphatic carbocycles. The summed E-state index contributed by atoms with van der Waals surface area (Å²) < 4.78 is 0. The van der Waals surface area contributed by atoms with Crippen molar-refractivity contribution in [2.45, 2.75) is 34.1 Å². The van der Waals surface area contributed by atoms with E-state index in [1.807, 2.05) is 30.9 Å². The largest absolute Gasteiger partial charge is 0.337 e. The van der Waals surface area contributed by atoms with Gasteiger partial charge in [-0.05, 0) is 38.9 Å². The van der Waals surface area contributed by atoms with Crippen molar-refractivity contribution in [1.29, 1.82) is 0 Å². The molecule has 1 aliphatic rings. The molecule has 0 bridgehead atoms. The third-order valence-corrected chi connectivity index (χ3v) is 4.83. The second-order valence-corrected chi connectivity index (χ2v) is 6.65. The zero-order chi connectivity index (χ0) is 17.5. The smallest absolute Gasteiger partial charge is 0.255 e. The van der Waals surface area contributed by atoms with Crippen molar-refractivity contribution in [3.63, 3.8) is 0 Å². The maximum Gasteiger partial charge on any atom is 0.255 e. The number of aromatic nitrogens is 1. The first-order chi connectivity index (χ1) is 11.5. The van der Waals surface area contributed by atoms with Crippen LogP contribution in [0.5, 0.6) is 0 Å². The second-order valence-electron chi connectivity index (χ2n) is 6.65. The Labute approximate surface area is 146 Å². The molecule has 0 N–H and O–H groups in total. The maximum atomic E-state index is 12.9. The number of hydrogen-bond donors (Lipinski definition) is 0. The summed E-state index contributed by atoms with van der Waals surface area (Å²) in [5, 5.41) is 0. The van der Waals surface area contributed by atoms with Gasteiger partial charge in [-0.2, -0.15) is 0 Å². The fourth-order valence-corrected chi connectivity index (χ4v) is 3.26. The lowest BCUT2D eigenvalue weighted by Crippen LogP contribution is -2.48. The van der Waals surface area contributed by atoms with E-state index in [0.29, 0.717) is 0 Å². The van der Waals surface area contributed by atoms with Crippen LogP contribution in [0.1, 0.15) is 42.0 Å². The van der Waals surface area contributed by atoms with Gasteiger partial charge in [0, 0.05) is 51.5 Å². The normalized spacial score (nSPS) is 16.3. The van der Waals surface area contributed by atoms with Crippen LogP contribution >= 0.6 is 0 Å². The molecule has 0 saturated carbocycles. The molecule has 0 spiro atoms. The highest BCUT2D eigenvalue weighted by molar-refractivity contribution is 5.95. The predicted octanol–water partition coefficient (Wildman–Crippen LogP) is 2.19. The van der Waals surface area contributed by atoms with Gasteiger partial charge in [0.25, 0.3) is 5.91 Å². The van der Waals surface area contributed by atoms with E-state index in [9.17, 15) is 4.79 Å². The summed E-state index contributed by atoms with van der Waals surface area (Å²) >= 11 is 0. The molecule has 5 heteroatoms. The van der Waals surface area contributed by atoms with Crippen LogP contribution < -0.4 is 0 Å². The summed E-state index contributed by atoms with van der Waals surface area (Å²) in [7, 11) is 0. The highest BCUT2D eigenvalue weighted by Crippen LogP contribution is 2.11. The number of nitrogens with zero attached hydrogens (tertiary/aromatic N) is 4. The van der Waals surface area contributed by atoms with Crippen molar-refractivity contribution in [1.82, 2.24) is 19.7 Å². The molecular weight excluding hydrogens is 300 g/mol. The van der Waals surface area contributed by atoms with Crippen molar-refractivity contribution < 1.29 is 4.79 Å². The van der Waals surface area contributed by atoms with Crippen LogP contribution in [0.2, 0.25) is 0 Å². The van der Waals surface area contributed by atoms with E-state index in [0.717, 1.165) is 75.7 Å². The molecule has 1 fully saturated rings. The summed E-state index contributed by atoms with van der Waals surface area (Å²) in [5.74, 6) is 0.119. The molecule has 24 heavy (non-hydrogen) atoms. The first kappa shape index (κ1) is 18.9. The lowest BCUT2D eigenvalue weighted by Gasteiger charge is -2.35. The number of amides is 1. The van der Waals surface area contributed by atoms with Crippen molar-refractivity contribution in [3.05, 3.63) is 29.1 Å². The number of aryl methyl sites for hydroxylation is 2. The van der Waals surface area contributed by atoms with E-state index in [1.165, 1.54) is 0 Å². The number of carbonyl (C=O) groups is 1. The summed E-state index contributed by atoms with van der Waals surface area (Å²) in [5.41, 5.74) is 2.53. The van der Waals surface area contributed by atoms with Crippen LogP contribution in [-0.2, 0) is 0 Å². The van der Waals surface area contributed by atoms with Gasteiger partial charge >= 0.3 is 0 Å². The molecule has 0 unspecified atom stereocenters. The molecule has 0 aromatic carbocycles. The van der Waals surface area contributed by atoms with Gasteiger partial charge in [-0.3, -0.25) is 14.7 Å². The third-order valence-electron chi connectivity index (χ3n) is 4.83. The summed E-state index contributed by atoms with van der Waals surface area (Å²) in [4.78, 5) is 24.3. The summed E-state index contributed by atoms with van der Waals surface area (Å²) in [6.07, 6.45) is 0.980. The van der Waals surface area contributed by atoms with Crippen molar-refractivity contribution in [2.75, 3.05) is 52.4 Å². The van der Waals surface area contributed by atoms with Gasteiger partial charge in [-0.25, -0.2) is 0 Å².